The van der Waals surface area contributed by atoms with Gasteiger partial charge in [-0.25, -0.2) is 0 Å². The standard InChI is InChI=1S/C13H28N4O2/c1-15(2)9-11-19-10-4-14-12-13(18)17-7-5-16(3)6-8-17/h14H,4-12H2,1-3H3. The van der Waals surface area contributed by atoms with Crippen LogP contribution in [-0.2, 0) is 9.53 Å². The molecule has 112 valence electrons. The summed E-state index contributed by atoms with van der Waals surface area (Å²) >= 11 is 0. The molecule has 1 fully saturated rings. The second kappa shape index (κ2) is 9.25. The van der Waals surface area contributed by atoms with E-state index in [1.807, 2.05) is 19.0 Å². The van der Waals surface area contributed by atoms with Gasteiger partial charge in [0.2, 0.25) is 5.91 Å². The van der Waals surface area contributed by atoms with Crippen molar-refractivity contribution in [2.45, 2.75) is 0 Å². The minimum atomic E-state index is 0.196. The van der Waals surface area contributed by atoms with E-state index in [2.05, 4.69) is 22.2 Å². The van der Waals surface area contributed by atoms with Crippen LogP contribution in [0.15, 0.2) is 0 Å². The zero-order valence-corrected chi connectivity index (χ0v) is 12.5. The molecule has 0 aromatic carbocycles. The third kappa shape index (κ3) is 7.47. The molecular formula is C13H28N4O2. The van der Waals surface area contributed by atoms with Crippen molar-refractivity contribution in [3.63, 3.8) is 0 Å². The Morgan fingerprint density at radius 2 is 1.89 bits per heavy atom. The van der Waals surface area contributed by atoms with Crippen molar-refractivity contribution in [1.29, 1.82) is 0 Å². The van der Waals surface area contributed by atoms with Gasteiger partial charge in [0.1, 0.15) is 0 Å². The Hall–Kier alpha value is -0.690. The fraction of sp³-hybridized carbons (Fsp3) is 0.923. The Morgan fingerprint density at radius 3 is 2.53 bits per heavy atom. The lowest BCUT2D eigenvalue weighted by Crippen LogP contribution is -2.49. The molecule has 19 heavy (non-hydrogen) atoms. The topological polar surface area (TPSA) is 48.1 Å². The first-order chi connectivity index (χ1) is 9.09. The maximum absolute atomic E-state index is 11.9. The second-order valence-electron chi connectivity index (χ2n) is 5.28. The summed E-state index contributed by atoms with van der Waals surface area (Å²) in [6.45, 7) is 7.10. The summed E-state index contributed by atoms with van der Waals surface area (Å²) in [5.74, 6) is 0.196. The highest BCUT2D eigenvalue weighted by Gasteiger charge is 2.17. The van der Waals surface area contributed by atoms with Crippen LogP contribution in [0.25, 0.3) is 0 Å². The number of likely N-dealkylation sites (N-methyl/N-ethyl adjacent to an activating group) is 2. The first-order valence-electron chi connectivity index (χ1n) is 6.99. The molecular weight excluding hydrogens is 244 g/mol. The van der Waals surface area contributed by atoms with E-state index >= 15 is 0 Å². The summed E-state index contributed by atoms with van der Waals surface area (Å²) in [5, 5.41) is 3.14. The van der Waals surface area contributed by atoms with Gasteiger partial charge in [-0.3, -0.25) is 4.79 Å². The molecule has 0 aromatic rings. The summed E-state index contributed by atoms with van der Waals surface area (Å²) in [4.78, 5) is 18.1. The molecule has 0 atom stereocenters. The van der Waals surface area contributed by atoms with Gasteiger partial charge >= 0.3 is 0 Å². The van der Waals surface area contributed by atoms with Crippen LogP contribution < -0.4 is 5.32 Å². The lowest BCUT2D eigenvalue weighted by atomic mass is 10.3. The molecule has 0 bridgehead atoms. The van der Waals surface area contributed by atoms with Crippen molar-refractivity contribution >= 4 is 5.91 Å². The third-order valence-corrected chi connectivity index (χ3v) is 3.24. The fourth-order valence-corrected chi connectivity index (χ4v) is 1.86. The molecule has 1 N–H and O–H groups in total. The van der Waals surface area contributed by atoms with Gasteiger partial charge in [-0.15, -0.1) is 0 Å². The van der Waals surface area contributed by atoms with Crippen LogP contribution in [-0.4, -0.2) is 101 Å². The molecule has 0 radical (unpaired) electrons. The minimum absolute atomic E-state index is 0.196. The van der Waals surface area contributed by atoms with Crippen molar-refractivity contribution in [2.24, 2.45) is 0 Å². The number of amides is 1. The maximum atomic E-state index is 11.9. The quantitative estimate of drug-likeness (QED) is 0.570. The minimum Gasteiger partial charge on any atom is -0.379 e. The Morgan fingerprint density at radius 1 is 1.21 bits per heavy atom. The summed E-state index contributed by atoms with van der Waals surface area (Å²) < 4.78 is 5.45. The summed E-state index contributed by atoms with van der Waals surface area (Å²) in [6, 6.07) is 0. The first kappa shape index (κ1) is 16.4. The highest BCUT2D eigenvalue weighted by Crippen LogP contribution is 1.98. The number of ether oxygens (including phenoxy) is 1. The van der Waals surface area contributed by atoms with E-state index < -0.39 is 0 Å². The maximum Gasteiger partial charge on any atom is 0.236 e. The third-order valence-electron chi connectivity index (χ3n) is 3.24. The molecule has 1 rings (SSSR count). The van der Waals surface area contributed by atoms with Crippen LogP contribution in [0.3, 0.4) is 0 Å². The predicted octanol–water partition coefficient (Wildman–Crippen LogP) is -1.07. The van der Waals surface area contributed by atoms with Crippen LogP contribution in [0.1, 0.15) is 0 Å². The van der Waals surface area contributed by atoms with Gasteiger partial charge in [-0.2, -0.15) is 0 Å². The number of carbonyl (C=O) groups excluding carboxylic acids is 1. The number of nitrogens with zero attached hydrogens (tertiary/aromatic N) is 3. The van der Waals surface area contributed by atoms with E-state index in [1.165, 1.54) is 0 Å². The first-order valence-corrected chi connectivity index (χ1v) is 6.99. The van der Waals surface area contributed by atoms with Crippen molar-refractivity contribution in [3.05, 3.63) is 0 Å². The molecule has 6 nitrogen and oxygen atoms in total. The number of carbonyl (C=O) groups is 1. The van der Waals surface area contributed by atoms with Gasteiger partial charge in [0.05, 0.1) is 19.8 Å². The summed E-state index contributed by atoms with van der Waals surface area (Å²) in [7, 11) is 6.14. The SMILES string of the molecule is CN(C)CCOCCNCC(=O)N1CCN(C)CC1. The Kier molecular flexibility index (Phi) is 7.97. The molecule has 6 heteroatoms. The average molecular weight is 272 g/mol. The van der Waals surface area contributed by atoms with Crippen LogP contribution in [0.5, 0.6) is 0 Å². The molecule has 0 aromatic heterocycles. The molecule has 1 aliphatic rings. The molecule has 0 saturated carbocycles. The van der Waals surface area contributed by atoms with Gasteiger partial charge in [-0.1, -0.05) is 0 Å². The van der Waals surface area contributed by atoms with Crippen LogP contribution >= 0.6 is 0 Å². The number of nitrogens with one attached hydrogen (secondary N) is 1. The van der Waals surface area contributed by atoms with E-state index in [4.69, 9.17) is 4.74 Å². The van der Waals surface area contributed by atoms with E-state index in [0.717, 1.165) is 45.9 Å². The highest BCUT2D eigenvalue weighted by atomic mass is 16.5. The Balaban J connectivity index is 1.95. The van der Waals surface area contributed by atoms with Crippen LogP contribution in [0.2, 0.25) is 0 Å². The van der Waals surface area contributed by atoms with Crippen molar-refractivity contribution < 1.29 is 9.53 Å². The molecule has 0 aliphatic carbocycles. The van der Waals surface area contributed by atoms with Gasteiger partial charge < -0.3 is 24.8 Å². The molecule has 1 amide bonds. The summed E-state index contributed by atoms with van der Waals surface area (Å²) in [6.07, 6.45) is 0. The van der Waals surface area contributed by atoms with Crippen molar-refractivity contribution in [3.8, 4) is 0 Å². The number of hydrogen-bond donors (Lipinski definition) is 1. The zero-order chi connectivity index (χ0) is 14.1. The molecule has 1 saturated heterocycles. The summed E-state index contributed by atoms with van der Waals surface area (Å²) in [5.41, 5.74) is 0. The van der Waals surface area contributed by atoms with Gasteiger partial charge in [-0.05, 0) is 21.1 Å². The monoisotopic (exact) mass is 272 g/mol. The smallest absolute Gasteiger partial charge is 0.236 e. The largest absolute Gasteiger partial charge is 0.379 e. The van der Waals surface area contributed by atoms with Gasteiger partial charge in [0.15, 0.2) is 0 Å². The van der Waals surface area contributed by atoms with E-state index in [0.29, 0.717) is 13.2 Å². The predicted molar refractivity (Wildman–Crippen MR) is 76.3 cm³/mol. The fourth-order valence-electron chi connectivity index (χ4n) is 1.86. The number of hydrogen-bond acceptors (Lipinski definition) is 5. The lowest BCUT2D eigenvalue weighted by Gasteiger charge is -2.32. The second-order valence-corrected chi connectivity index (χ2v) is 5.28. The van der Waals surface area contributed by atoms with Crippen LogP contribution in [0, 0.1) is 0 Å². The van der Waals surface area contributed by atoms with Crippen LogP contribution in [0.4, 0.5) is 0 Å². The average Bonchev–Trinajstić information content (AvgIpc) is 2.38. The number of rotatable bonds is 8. The molecule has 0 spiro atoms. The molecule has 1 aliphatic heterocycles. The molecule has 0 unspecified atom stereocenters. The van der Waals surface area contributed by atoms with E-state index in [9.17, 15) is 4.79 Å². The normalized spacial score (nSPS) is 17.2. The Labute approximate surface area is 116 Å². The Bertz CT molecular complexity index is 253. The van der Waals surface area contributed by atoms with Crippen molar-refractivity contribution in [2.75, 3.05) is 80.2 Å². The lowest BCUT2D eigenvalue weighted by molar-refractivity contribution is -0.131. The van der Waals surface area contributed by atoms with E-state index in [1.54, 1.807) is 0 Å². The van der Waals surface area contributed by atoms with Gasteiger partial charge in [0, 0.05) is 39.3 Å². The van der Waals surface area contributed by atoms with E-state index in [-0.39, 0.29) is 5.91 Å². The number of piperazine rings is 1. The van der Waals surface area contributed by atoms with Crippen molar-refractivity contribution in [1.82, 2.24) is 20.0 Å². The van der Waals surface area contributed by atoms with Gasteiger partial charge in [0.25, 0.3) is 0 Å². The molecule has 1 heterocycles. The highest BCUT2D eigenvalue weighted by molar-refractivity contribution is 5.78. The zero-order valence-electron chi connectivity index (χ0n) is 12.5.